The number of nitrogens with two attached hydrogens (primary N) is 2. The number of anilines is 6. The first-order valence-corrected chi connectivity index (χ1v) is 25.3. The highest BCUT2D eigenvalue weighted by molar-refractivity contribution is 5.89. The van der Waals surface area contributed by atoms with Gasteiger partial charge < -0.3 is 55.9 Å². The molecule has 4 aliphatic rings. The number of fused-ring (bicyclic) bond motifs is 2. The Balaban J connectivity index is 0.000000180. The van der Waals surface area contributed by atoms with E-state index in [4.69, 9.17) is 50.8 Å². The van der Waals surface area contributed by atoms with E-state index < -0.39 is 6.10 Å². The number of aliphatic hydroxyl groups is 1. The number of ether oxygens (including phenoxy) is 2. The van der Waals surface area contributed by atoms with Crippen LogP contribution in [0.2, 0.25) is 0 Å². The van der Waals surface area contributed by atoms with Crippen LogP contribution in [0.5, 0.6) is 0 Å². The molecular formula is C48H70N20O4. The molecule has 4 aliphatic heterocycles. The molecule has 6 aromatic rings. The third-order valence-corrected chi connectivity index (χ3v) is 13.1. The fourth-order valence-corrected chi connectivity index (χ4v) is 9.55. The van der Waals surface area contributed by atoms with Crippen LogP contribution in [0.4, 0.5) is 35.4 Å². The van der Waals surface area contributed by atoms with Gasteiger partial charge in [0, 0.05) is 103 Å². The van der Waals surface area contributed by atoms with Crippen molar-refractivity contribution in [2.24, 2.45) is 11.8 Å². The van der Waals surface area contributed by atoms with Gasteiger partial charge in [0.2, 0.25) is 29.7 Å². The van der Waals surface area contributed by atoms with E-state index in [-0.39, 0.29) is 36.3 Å². The molecule has 0 radical (unpaired) electrons. The number of aliphatic hydroxyl groups excluding tert-OH is 1. The first-order valence-electron chi connectivity index (χ1n) is 25.3. The summed E-state index contributed by atoms with van der Waals surface area (Å²) in [5.41, 5.74) is 16.0. The number of amides is 1. The molecule has 24 nitrogen and oxygen atoms in total. The van der Waals surface area contributed by atoms with Crippen molar-refractivity contribution in [1.29, 1.82) is 0 Å². The van der Waals surface area contributed by atoms with Crippen LogP contribution in [0.3, 0.4) is 0 Å². The van der Waals surface area contributed by atoms with E-state index in [1.54, 1.807) is 31.7 Å². The van der Waals surface area contributed by atoms with Crippen LogP contribution in [0, 0.1) is 11.8 Å². The largest absolute Gasteiger partial charge is 0.393 e. The van der Waals surface area contributed by atoms with Crippen LogP contribution in [0.1, 0.15) is 54.9 Å². The number of piperazine rings is 2. The van der Waals surface area contributed by atoms with Crippen LogP contribution in [-0.2, 0) is 27.4 Å². The Morgan fingerprint density at radius 1 is 0.639 bits per heavy atom. The van der Waals surface area contributed by atoms with E-state index in [0.717, 1.165) is 97.2 Å². The molecule has 10 heterocycles. The Bertz CT molecular complexity index is 2790. The summed E-state index contributed by atoms with van der Waals surface area (Å²) in [6.45, 7) is 26.4. The highest BCUT2D eigenvalue weighted by atomic mass is 16.5. The summed E-state index contributed by atoms with van der Waals surface area (Å²) in [6.07, 6.45) is 6.13. The highest BCUT2D eigenvalue weighted by Gasteiger charge is 2.32. The zero-order chi connectivity index (χ0) is 50.6. The predicted octanol–water partition coefficient (Wildman–Crippen LogP) is 2.32. The van der Waals surface area contributed by atoms with Crippen molar-refractivity contribution in [1.82, 2.24) is 69.2 Å². The van der Waals surface area contributed by atoms with Crippen molar-refractivity contribution in [2.75, 3.05) is 123 Å². The van der Waals surface area contributed by atoms with Crippen molar-refractivity contribution in [3.05, 3.63) is 24.8 Å². The zero-order valence-corrected chi connectivity index (χ0v) is 42.6. The number of hydrogen-bond donors (Lipinski definition) is 4. The molecule has 24 heteroatoms. The molecule has 0 aliphatic carbocycles. The van der Waals surface area contributed by atoms with E-state index >= 15 is 0 Å². The van der Waals surface area contributed by atoms with Crippen molar-refractivity contribution in [3.63, 3.8) is 0 Å². The Labute approximate surface area is 419 Å². The summed E-state index contributed by atoms with van der Waals surface area (Å²) in [5.74, 6) is 5.66. The summed E-state index contributed by atoms with van der Waals surface area (Å²) in [7, 11) is 0. The quantitative estimate of drug-likeness (QED) is 0.137. The van der Waals surface area contributed by atoms with Gasteiger partial charge in [-0.25, -0.2) is 49.8 Å². The van der Waals surface area contributed by atoms with Gasteiger partial charge in [-0.2, -0.15) is 0 Å². The van der Waals surface area contributed by atoms with E-state index in [9.17, 15) is 9.90 Å². The predicted molar refractivity (Wildman–Crippen MR) is 277 cm³/mol. The number of aromatic nitrogens is 12. The van der Waals surface area contributed by atoms with Gasteiger partial charge in [-0.05, 0) is 32.6 Å². The van der Waals surface area contributed by atoms with Crippen molar-refractivity contribution >= 4 is 63.7 Å². The molecule has 6 N–H and O–H groups in total. The Morgan fingerprint density at radius 3 is 1.47 bits per heavy atom. The third kappa shape index (κ3) is 11.0. The monoisotopic (exact) mass is 991 g/mol. The summed E-state index contributed by atoms with van der Waals surface area (Å²) in [5, 5.41) is 13.1. The molecule has 6 aromatic heterocycles. The maximum Gasteiger partial charge on any atom is 0.225 e. The second kappa shape index (κ2) is 22.0. The van der Waals surface area contributed by atoms with Crippen LogP contribution in [0.15, 0.2) is 24.8 Å². The lowest BCUT2D eigenvalue weighted by Crippen LogP contribution is -2.50. The van der Waals surface area contributed by atoms with Gasteiger partial charge >= 0.3 is 0 Å². The van der Waals surface area contributed by atoms with E-state index in [1.165, 1.54) is 0 Å². The van der Waals surface area contributed by atoms with Crippen molar-refractivity contribution in [3.8, 4) is 22.8 Å². The first-order chi connectivity index (χ1) is 34.7. The van der Waals surface area contributed by atoms with E-state index in [0.29, 0.717) is 88.2 Å². The second-order valence-corrected chi connectivity index (χ2v) is 20.0. The van der Waals surface area contributed by atoms with Crippen LogP contribution >= 0.6 is 0 Å². The number of carbonyl (C=O) groups is 1. The molecule has 0 unspecified atom stereocenters. The van der Waals surface area contributed by atoms with Gasteiger partial charge in [-0.3, -0.25) is 13.9 Å². The number of nitrogens with one attached hydrogen (secondary N) is 1. The van der Waals surface area contributed by atoms with Gasteiger partial charge in [0.1, 0.15) is 0 Å². The maximum absolute atomic E-state index is 12.5. The fourth-order valence-electron chi connectivity index (χ4n) is 9.55. The lowest BCUT2D eigenvalue weighted by Gasteiger charge is -2.35. The molecule has 72 heavy (non-hydrogen) atoms. The molecular weight excluding hydrogens is 921 g/mol. The zero-order valence-electron chi connectivity index (χ0n) is 42.6. The SMILES string of the molecule is CC(C)Cn1c(N2CCN(C(=O)C[C@H](C)O)CC2)nc2c(N3CCOC[C@@H]3C)nc(-c3cnc(N)nc3)nc21.CC(C)Cn1c(N2CCNCC2)nc2c(N3CCOC[C@@H]3C)nc(-c3cnc(N)nc3)nc21. The molecule has 3 atom stereocenters. The van der Waals surface area contributed by atoms with Gasteiger partial charge in [0.25, 0.3) is 0 Å². The van der Waals surface area contributed by atoms with Gasteiger partial charge in [-0.15, -0.1) is 0 Å². The molecule has 0 saturated carbocycles. The molecule has 4 fully saturated rings. The fraction of sp³-hybridized carbons (Fsp3) is 0.604. The molecule has 10 rings (SSSR count). The first kappa shape index (κ1) is 50.3. The average molecular weight is 991 g/mol. The number of rotatable bonds is 12. The molecule has 4 saturated heterocycles. The van der Waals surface area contributed by atoms with Gasteiger partial charge in [0.15, 0.2) is 45.6 Å². The summed E-state index contributed by atoms with van der Waals surface area (Å²) in [4.78, 5) is 70.3. The summed E-state index contributed by atoms with van der Waals surface area (Å²) < 4.78 is 15.8. The number of nitrogens with zero attached hydrogens (tertiary/aromatic N) is 17. The summed E-state index contributed by atoms with van der Waals surface area (Å²) in [6, 6.07) is 0.305. The number of morpholine rings is 2. The summed E-state index contributed by atoms with van der Waals surface area (Å²) >= 11 is 0. The average Bonchev–Trinajstić information content (AvgIpc) is 3.92. The van der Waals surface area contributed by atoms with Gasteiger partial charge in [0.05, 0.1) is 62.2 Å². The van der Waals surface area contributed by atoms with Crippen LogP contribution in [0.25, 0.3) is 45.1 Å². The maximum atomic E-state index is 12.5. The number of carbonyl (C=O) groups excluding carboxylic acids is 1. The lowest BCUT2D eigenvalue weighted by atomic mass is 10.2. The second-order valence-electron chi connectivity index (χ2n) is 20.0. The Kier molecular flexibility index (Phi) is 15.4. The third-order valence-electron chi connectivity index (χ3n) is 13.1. The molecule has 0 spiro atoms. The normalized spacial score (nSPS) is 19.4. The van der Waals surface area contributed by atoms with Crippen LogP contribution < -0.4 is 36.4 Å². The van der Waals surface area contributed by atoms with Gasteiger partial charge in [-0.1, -0.05) is 27.7 Å². The minimum Gasteiger partial charge on any atom is -0.393 e. The minimum absolute atomic E-state index is 0.0230. The standard InChI is InChI=1S/C26H38N10O3.C22H32N10O/c1-16(2)14-36-24-21(30-26(36)34-7-5-33(6-8-34)20(38)11-18(4)37)23(35-9-10-39-15-17(35)3)31-22(32-24)19-12-28-25(27)29-13-19;1-14(2)12-32-20-17(27-22(32)30-6-4-24-5-7-30)19(31-8-9-33-13-15(31)3)28-18(29-20)16-10-25-21(23)26-11-16/h12-13,16-18,37H,5-11,14-15H2,1-4H3,(H2,27,28,29);10-11,14-15,24H,4-9,12-13H2,1-3H3,(H2,23,25,26)/t17-,18-;15-/m00/s1. The number of hydrogen-bond acceptors (Lipinski definition) is 21. The topological polar surface area (TPSA) is 275 Å². The number of nitrogen functional groups attached to an aromatic ring is 2. The van der Waals surface area contributed by atoms with Crippen molar-refractivity contribution < 1.29 is 19.4 Å². The smallest absolute Gasteiger partial charge is 0.225 e. The molecule has 386 valence electrons. The Morgan fingerprint density at radius 2 is 1.07 bits per heavy atom. The van der Waals surface area contributed by atoms with E-state index in [2.05, 4.69) is 95.5 Å². The lowest BCUT2D eigenvalue weighted by molar-refractivity contribution is -0.133. The number of imidazole rings is 2. The molecule has 0 aromatic carbocycles. The molecule has 0 bridgehead atoms. The van der Waals surface area contributed by atoms with Crippen LogP contribution in [-0.4, -0.2) is 185 Å². The van der Waals surface area contributed by atoms with Crippen molar-refractivity contribution in [2.45, 2.75) is 86.2 Å². The van der Waals surface area contributed by atoms with E-state index in [1.807, 2.05) is 4.90 Å². The molecule has 1 amide bonds. The Hall–Kier alpha value is -6.63. The highest BCUT2D eigenvalue weighted by Crippen LogP contribution is 2.35. The minimum atomic E-state index is -0.647.